The van der Waals surface area contributed by atoms with Crippen LogP contribution in [0.3, 0.4) is 0 Å². The lowest BCUT2D eigenvalue weighted by Crippen LogP contribution is -3.19. The first kappa shape index (κ1) is 20.0. The van der Waals surface area contributed by atoms with E-state index >= 15 is 0 Å². The van der Waals surface area contributed by atoms with Crippen molar-refractivity contribution in [3.05, 3.63) is 52.5 Å². The highest BCUT2D eigenvalue weighted by atomic mass is 35.5. The summed E-state index contributed by atoms with van der Waals surface area (Å²) in [5, 5.41) is 1.17. The van der Waals surface area contributed by atoms with Crippen LogP contribution in [-0.4, -0.2) is 51.1 Å². The fraction of sp³-hybridized carbons (Fsp3) is 0.333. The van der Waals surface area contributed by atoms with E-state index < -0.39 is 0 Å². The minimum Gasteiger partial charge on any atom is -0.495 e. The molecular formula is C21H22Cl2N3O3+. The molecule has 2 heterocycles. The summed E-state index contributed by atoms with van der Waals surface area (Å²) in [5.74, 6) is 0.0358. The number of ether oxygens (including phenoxy) is 1. The van der Waals surface area contributed by atoms with Gasteiger partial charge in [-0.2, -0.15) is 0 Å². The number of quaternary nitrogens is 1. The molecule has 0 bridgehead atoms. The van der Waals surface area contributed by atoms with Crippen molar-refractivity contribution in [2.75, 3.05) is 43.1 Å². The Morgan fingerprint density at radius 3 is 2.45 bits per heavy atom. The van der Waals surface area contributed by atoms with Crippen molar-refractivity contribution in [1.82, 2.24) is 0 Å². The molecule has 0 radical (unpaired) electrons. The third-order valence-corrected chi connectivity index (χ3v) is 6.17. The van der Waals surface area contributed by atoms with Crippen molar-refractivity contribution in [1.29, 1.82) is 0 Å². The topological polar surface area (TPSA) is 54.3 Å². The maximum atomic E-state index is 13.2. The number of hydrogen-bond acceptors (Lipinski definition) is 4. The maximum absolute atomic E-state index is 13.2. The molecule has 2 aromatic carbocycles. The zero-order valence-corrected chi connectivity index (χ0v) is 17.5. The smallest absolute Gasteiger partial charge is 0.292 e. The summed E-state index contributed by atoms with van der Waals surface area (Å²) in [5.41, 5.74) is 1.42. The van der Waals surface area contributed by atoms with Gasteiger partial charge >= 0.3 is 0 Å². The number of piperazine rings is 1. The van der Waals surface area contributed by atoms with E-state index in [2.05, 4.69) is 4.90 Å². The molecule has 2 fully saturated rings. The van der Waals surface area contributed by atoms with Gasteiger partial charge in [-0.15, -0.1) is 0 Å². The van der Waals surface area contributed by atoms with Gasteiger partial charge in [0.05, 0.1) is 56.1 Å². The lowest BCUT2D eigenvalue weighted by Gasteiger charge is -2.36. The Hall–Kier alpha value is -2.28. The van der Waals surface area contributed by atoms with Crippen LogP contribution in [0.25, 0.3) is 0 Å². The van der Waals surface area contributed by atoms with Gasteiger partial charge in [0.25, 0.3) is 5.91 Å². The van der Waals surface area contributed by atoms with Gasteiger partial charge in [-0.1, -0.05) is 35.3 Å². The lowest BCUT2D eigenvalue weighted by atomic mass is 10.1. The van der Waals surface area contributed by atoms with Crippen molar-refractivity contribution >= 4 is 46.4 Å². The average Bonchev–Trinajstić information content (AvgIpc) is 3.02. The molecular weight excluding hydrogens is 413 g/mol. The molecule has 4 rings (SSSR count). The molecule has 2 aliphatic rings. The molecule has 152 valence electrons. The fourth-order valence-corrected chi connectivity index (χ4v) is 4.55. The van der Waals surface area contributed by atoms with E-state index in [0.29, 0.717) is 16.5 Å². The molecule has 2 aromatic rings. The zero-order chi connectivity index (χ0) is 20.5. The number of methoxy groups -OCH3 is 1. The Morgan fingerprint density at radius 2 is 1.76 bits per heavy atom. The van der Waals surface area contributed by atoms with E-state index in [4.69, 9.17) is 27.9 Å². The number of nitrogens with zero attached hydrogens (tertiary/aromatic N) is 2. The van der Waals surface area contributed by atoms with Gasteiger partial charge in [-0.25, -0.2) is 4.90 Å². The summed E-state index contributed by atoms with van der Waals surface area (Å²) >= 11 is 12.4. The predicted octanol–water partition coefficient (Wildman–Crippen LogP) is 2.04. The summed E-state index contributed by atoms with van der Waals surface area (Å²) in [6.07, 6.45) is 0.190. The van der Waals surface area contributed by atoms with Crippen LogP contribution in [0.4, 0.5) is 11.4 Å². The molecule has 29 heavy (non-hydrogen) atoms. The SMILES string of the molecule is COc1ccc(Cl)cc1N1C(=O)C[C@H]([NH+]2CCN(c3ccccc3Cl)CC2)C1=O. The van der Waals surface area contributed by atoms with E-state index in [9.17, 15) is 9.59 Å². The quantitative estimate of drug-likeness (QED) is 0.748. The fourth-order valence-electron chi connectivity index (χ4n) is 4.13. The average molecular weight is 435 g/mol. The number of halogens is 2. The maximum Gasteiger partial charge on any atom is 0.292 e. The minimum atomic E-state index is -0.389. The Morgan fingerprint density at radius 1 is 1.03 bits per heavy atom. The van der Waals surface area contributed by atoms with Crippen LogP contribution in [0, 0.1) is 0 Å². The molecule has 2 aliphatic heterocycles. The first-order chi connectivity index (χ1) is 14.0. The van der Waals surface area contributed by atoms with Crippen LogP contribution in [0.15, 0.2) is 42.5 Å². The van der Waals surface area contributed by atoms with Gasteiger partial charge in [-0.3, -0.25) is 9.59 Å². The van der Waals surface area contributed by atoms with E-state index in [1.807, 2.05) is 24.3 Å². The van der Waals surface area contributed by atoms with Gasteiger partial charge in [0.15, 0.2) is 6.04 Å². The van der Waals surface area contributed by atoms with Crippen molar-refractivity contribution < 1.29 is 19.2 Å². The van der Waals surface area contributed by atoms with Gasteiger partial charge in [0.2, 0.25) is 5.91 Å². The number of benzene rings is 2. The second kappa shape index (κ2) is 8.22. The van der Waals surface area contributed by atoms with Gasteiger partial charge < -0.3 is 14.5 Å². The number of para-hydroxylation sites is 1. The van der Waals surface area contributed by atoms with Crippen molar-refractivity contribution in [3.8, 4) is 5.75 Å². The number of imide groups is 1. The Labute approximate surface area is 179 Å². The van der Waals surface area contributed by atoms with Crippen LogP contribution < -0.4 is 19.4 Å². The molecule has 0 unspecified atom stereocenters. The third-order valence-electron chi connectivity index (χ3n) is 5.62. The standard InChI is InChI=1S/C21H21Cl2N3O3/c1-29-19-7-6-14(22)12-17(19)26-20(27)13-18(21(26)28)25-10-8-24(9-11-25)16-5-3-2-4-15(16)23/h2-7,12,18H,8-11,13H2,1H3/p+1/t18-/m0/s1. The van der Waals surface area contributed by atoms with Crippen LogP contribution in [-0.2, 0) is 9.59 Å². The molecule has 0 spiro atoms. The van der Waals surface area contributed by atoms with E-state index in [1.165, 1.54) is 12.0 Å². The molecule has 2 amide bonds. The van der Waals surface area contributed by atoms with E-state index in [1.54, 1.807) is 18.2 Å². The van der Waals surface area contributed by atoms with Gasteiger partial charge in [-0.05, 0) is 30.3 Å². The Kier molecular flexibility index (Phi) is 5.67. The third kappa shape index (κ3) is 3.80. The molecule has 2 saturated heterocycles. The van der Waals surface area contributed by atoms with Crippen molar-refractivity contribution in [2.24, 2.45) is 0 Å². The summed E-state index contributed by atoms with van der Waals surface area (Å²) in [6.45, 7) is 3.07. The van der Waals surface area contributed by atoms with Crippen LogP contribution >= 0.6 is 23.2 Å². The Bertz CT molecular complexity index is 945. The summed E-state index contributed by atoms with van der Waals surface area (Å²) in [6, 6.07) is 12.3. The highest BCUT2D eigenvalue weighted by Gasteiger charge is 2.47. The van der Waals surface area contributed by atoms with Crippen LogP contribution in [0.1, 0.15) is 6.42 Å². The summed E-state index contributed by atoms with van der Waals surface area (Å²) < 4.78 is 5.33. The monoisotopic (exact) mass is 434 g/mol. The molecule has 0 aromatic heterocycles. The zero-order valence-electron chi connectivity index (χ0n) is 16.0. The highest BCUT2D eigenvalue weighted by Crippen LogP contribution is 2.34. The molecule has 1 N–H and O–H groups in total. The molecule has 6 nitrogen and oxygen atoms in total. The minimum absolute atomic E-state index is 0.190. The molecule has 0 aliphatic carbocycles. The van der Waals surface area contributed by atoms with E-state index in [0.717, 1.165) is 41.8 Å². The van der Waals surface area contributed by atoms with Crippen LogP contribution in [0.5, 0.6) is 5.75 Å². The number of anilines is 2. The predicted molar refractivity (Wildman–Crippen MR) is 113 cm³/mol. The first-order valence-corrected chi connectivity index (χ1v) is 10.3. The van der Waals surface area contributed by atoms with Crippen LogP contribution in [0.2, 0.25) is 10.0 Å². The number of rotatable bonds is 4. The normalized spacial score (nSPS) is 20.4. The number of amides is 2. The van der Waals surface area contributed by atoms with Crippen molar-refractivity contribution in [3.63, 3.8) is 0 Å². The first-order valence-electron chi connectivity index (χ1n) is 9.54. The summed E-state index contributed by atoms with van der Waals surface area (Å²) in [7, 11) is 1.51. The van der Waals surface area contributed by atoms with Gasteiger partial charge in [0, 0.05) is 5.02 Å². The van der Waals surface area contributed by atoms with E-state index in [-0.39, 0.29) is 24.3 Å². The number of carbonyl (C=O) groups excluding carboxylic acids is 2. The largest absolute Gasteiger partial charge is 0.495 e. The second-order valence-electron chi connectivity index (χ2n) is 7.24. The summed E-state index contributed by atoms with van der Waals surface area (Å²) in [4.78, 5) is 30.4. The second-order valence-corrected chi connectivity index (χ2v) is 8.08. The van der Waals surface area contributed by atoms with Gasteiger partial charge in [0.1, 0.15) is 5.75 Å². The molecule has 8 heteroatoms. The number of carbonyl (C=O) groups is 2. The number of hydrogen-bond donors (Lipinski definition) is 1. The van der Waals surface area contributed by atoms with Crippen molar-refractivity contribution in [2.45, 2.75) is 12.5 Å². The Balaban J connectivity index is 1.49. The highest BCUT2D eigenvalue weighted by molar-refractivity contribution is 6.33. The molecule has 0 saturated carbocycles. The number of nitrogens with one attached hydrogen (secondary N) is 1. The molecule has 1 atom stereocenters. The lowest BCUT2D eigenvalue weighted by molar-refractivity contribution is -0.915.